The Kier molecular flexibility index (Phi) is 9.99. The van der Waals surface area contributed by atoms with Crippen molar-refractivity contribution in [3.05, 3.63) is 35.4 Å². The Hall–Kier alpha value is -1.40. The van der Waals surface area contributed by atoms with Crippen LogP contribution in [0, 0.1) is 0 Å². The first kappa shape index (κ1) is 22.9. The van der Waals surface area contributed by atoms with Crippen LogP contribution in [0.15, 0.2) is 29.3 Å². The summed E-state index contributed by atoms with van der Waals surface area (Å²) in [5.74, 6) is 1.60. The summed E-state index contributed by atoms with van der Waals surface area (Å²) in [5.41, 5.74) is 2.68. The molecule has 5 nitrogen and oxygen atoms in total. The Morgan fingerprint density at radius 2 is 1.89 bits per heavy atom. The topological polar surface area (TPSA) is 56.7 Å². The monoisotopic (exact) mass is 406 g/mol. The average Bonchev–Trinajstić information content (AvgIpc) is 2.75. The van der Waals surface area contributed by atoms with Gasteiger partial charge in [0.05, 0.1) is 0 Å². The first-order chi connectivity index (χ1) is 13.6. The lowest BCUT2D eigenvalue weighted by atomic mass is 9.95. The third-order valence-electron chi connectivity index (χ3n) is 5.70. The molecule has 28 heavy (non-hydrogen) atoms. The van der Waals surface area contributed by atoms with Crippen molar-refractivity contribution in [2.24, 2.45) is 4.99 Å². The Morgan fingerprint density at radius 3 is 2.54 bits per heavy atom. The van der Waals surface area contributed by atoms with Crippen molar-refractivity contribution in [1.82, 2.24) is 15.5 Å². The summed E-state index contributed by atoms with van der Waals surface area (Å²) in [7, 11) is 1.12. The highest BCUT2D eigenvalue weighted by Gasteiger charge is 2.26. The fourth-order valence-corrected chi connectivity index (χ4v) is 5.24. The van der Waals surface area contributed by atoms with E-state index in [1.807, 2.05) is 14.0 Å². The summed E-state index contributed by atoms with van der Waals surface area (Å²) >= 11 is 0. The van der Waals surface area contributed by atoms with E-state index in [0.29, 0.717) is 11.3 Å². The minimum Gasteiger partial charge on any atom is -0.354 e. The smallest absolute Gasteiger partial charge is 0.191 e. The van der Waals surface area contributed by atoms with Gasteiger partial charge in [-0.3, -0.25) is 14.1 Å². The van der Waals surface area contributed by atoms with Crippen molar-refractivity contribution in [3.63, 3.8) is 0 Å². The summed E-state index contributed by atoms with van der Waals surface area (Å²) in [4.78, 5) is 6.85. The van der Waals surface area contributed by atoms with Crippen LogP contribution in [0.1, 0.15) is 57.6 Å². The van der Waals surface area contributed by atoms with Gasteiger partial charge in [-0.1, -0.05) is 51.5 Å². The van der Waals surface area contributed by atoms with Crippen LogP contribution in [0.25, 0.3) is 0 Å². The molecule has 0 amide bonds. The number of hydrogen-bond donors (Lipinski definition) is 2. The zero-order valence-electron chi connectivity index (χ0n) is 18.0. The van der Waals surface area contributed by atoms with E-state index in [0.717, 1.165) is 63.6 Å². The highest BCUT2D eigenvalue weighted by atomic mass is 32.2. The summed E-state index contributed by atoms with van der Waals surface area (Å²) in [6.45, 7) is 10.3. The lowest BCUT2D eigenvalue weighted by molar-refractivity contribution is 0.295. The van der Waals surface area contributed by atoms with Gasteiger partial charge in [-0.25, -0.2) is 0 Å². The molecule has 0 heterocycles. The predicted molar refractivity (Wildman–Crippen MR) is 121 cm³/mol. The van der Waals surface area contributed by atoms with Gasteiger partial charge in [-0.15, -0.1) is 0 Å². The van der Waals surface area contributed by atoms with Crippen LogP contribution < -0.4 is 10.6 Å². The van der Waals surface area contributed by atoms with Gasteiger partial charge in [0, 0.05) is 48.0 Å². The van der Waals surface area contributed by atoms with Gasteiger partial charge in [0.1, 0.15) is 0 Å². The Bertz CT molecular complexity index is 645. The van der Waals surface area contributed by atoms with Gasteiger partial charge in [0.15, 0.2) is 5.96 Å². The Labute approximate surface area is 173 Å². The van der Waals surface area contributed by atoms with E-state index >= 15 is 0 Å². The third kappa shape index (κ3) is 6.89. The van der Waals surface area contributed by atoms with Gasteiger partial charge >= 0.3 is 0 Å². The fraction of sp³-hybridized carbons (Fsp3) is 0.682. The highest BCUT2D eigenvalue weighted by molar-refractivity contribution is 7.85. The molecule has 3 atom stereocenters. The molecule has 0 bridgehead atoms. The standard InChI is InChI=1S/C22H38N4OS/c1-5-26(6-2)17-19-12-9-8-11-18(19)16-24-22(23-4)25-20-13-10-14-21(15-20)28(27)7-3/h8-9,11-12,20-21H,5-7,10,13-17H2,1-4H3,(H2,23,24,25). The van der Waals surface area contributed by atoms with Crippen molar-refractivity contribution >= 4 is 16.8 Å². The summed E-state index contributed by atoms with van der Waals surface area (Å²) in [6, 6.07) is 8.99. The summed E-state index contributed by atoms with van der Waals surface area (Å²) in [6.07, 6.45) is 4.32. The first-order valence-electron chi connectivity index (χ1n) is 10.7. The number of nitrogens with one attached hydrogen (secondary N) is 2. The van der Waals surface area contributed by atoms with Crippen molar-refractivity contribution in [1.29, 1.82) is 0 Å². The molecule has 1 aromatic rings. The van der Waals surface area contributed by atoms with Crippen LogP contribution in [0.3, 0.4) is 0 Å². The maximum absolute atomic E-state index is 12.2. The first-order valence-corrected chi connectivity index (χ1v) is 12.1. The van der Waals surface area contributed by atoms with E-state index in [-0.39, 0.29) is 0 Å². The predicted octanol–water partition coefficient (Wildman–Crippen LogP) is 3.27. The SMILES string of the molecule is CCN(CC)Cc1ccccc1CNC(=NC)NC1CCCC(S(=O)CC)C1. The van der Waals surface area contributed by atoms with Crippen molar-refractivity contribution in [3.8, 4) is 0 Å². The number of benzene rings is 1. The van der Waals surface area contributed by atoms with Gasteiger partial charge in [0.2, 0.25) is 0 Å². The molecule has 1 aromatic carbocycles. The second-order valence-electron chi connectivity index (χ2n) is 7.46. The minimum atomic E-state index is -0.700. The van der Waals surface area contributed by atoms with Gasteiger partial charge in [0.25, 0.3) is 0 Å². The number of guanidine groups is 1. The van der Waals surface area contributed by atoms with E-state index in [1.54, 1.807) is 0 Å². The van der Waals surface area contributed by atoms with E-state index < -0.39 is 10.8 Å². The molecule has 0 aliphatic heterocycles. The fourth-order valence-electron chi connectivity index (χ4n) is 3.89. The van der Waals surface area contributed by atoms with E-state index in [9.17, 15) is 4.21 Å². The lowest BCUT2D eigenvalue weighted by Crippen LogP contribution is -2.46. The second kappa shape index (κ2) is 12.2. The molecule has 2 rings (SSSR count). The Balaban J connectivity index is 1.93. The van der Waals surface area contributed by atoms with Crippen LogP contribution in [0.2, 0.25) is 0 Å². The molecule has 6 heteroatoms. The van der Waals surface area contributed by atoms with Crippen LogP contribution >= 0.6 is 0 Å². The summed E-state index contributed by atoms with van der Waals surface area (Å²) < 4.78 is 12.2. The average molecular weight is 407 g/mol. The van der Waals surface area contributed by atoms with E-state index in [4.69, 9.17) is 0 Å². The van der Waals surface area contributed by atoms with Gasteiger partial charge < -0.3 is 10.6 Å². The normalized spacial score (nSPS) is 21.5. The van der Waals surface area contributed by atoms with Crippen molar-refractivity contribution < 1.29 is 4.21 Å². The van der Waals surface area contributed by atoms with Crippen molar-refractivity contribution in [2.45, 2.75) is 70.8 Å². The molecule has 1 aliphatic rings. The Morgan fingerprint density at radius 1 is 1.18 bits per heavy atom. The second-order valence-corrected chi connectivity index (χ2v) is 9.46. The largest absolute Gasteiger partial charge is 0.354 e. The van der Waals surface area contributed by atoms with E-state index in [2.05, 4.69) is 58.6 Å². The molecule has 1 aliphatic carbocycles. The highest BCUT2D eigenvalue weighted by Crippen LogP contribution is 2.23. The quantitative estimate of drug-likeness (QED) is 0.488. The minimum absolute atomic E-state index is 0.323. The maximum Gasteiger partial charge on any atom is 0.191 e. The molecule has 0 saturated heterocycles. The molecular formula is C22H38N4OS. The van der Waals surface area contributed by atoms with Crippen LogP contribution in [-0.2, 0) is 23.9 Å². The molecule has 0 radical (unpaired) electrons. The molecule has 0 aromatic heterocycles. The number of nitrogens with zero attached hydrogens (tertiary/aromatic N) is 2. The van der Waals surface area contributed by atoms with Gasteiger partial charge in [-0.2, -0.15) is 0 Å². The van der Waals surface area contributed by atoms with Gasteiger partial charge in [-0.05, 0) is 43.5 Å². The molecule has 1 saturated carbocycles. The molecule has 0 spiro atoms. The van der Waals surface area contributed by atoms with Crippen LogP contribution in [0.4, 0.5) is 0 Å². The van der Waals surface area contributed by atoms with E-state index in [1.165, 1.54) is 11.1 Å². The molecule has 3 unspecified atom stereocenters. The molecular weight excluding hydrogens is 368 g/mol. The third-order valence-corrected chi connectivity index (χ3v) is 7.44. The van der Waals surface area contributed by atoms with Crippen LogP contribution in [0.5, 0.6) is 0 Å². The summed E-state index contributed by atoms with van der Waals surface area (Å²) in [5, 5.41) is 7.37. The van der Waals surface area contributed by atoms with Crippen LogP contribution in [-0.4, -0.2) is 52.3 Å². The molecule has 158 valence electrons. The number of hydrogen-bond acceptors (Lipinski definition) is 3. The molecule has 2 N–H and O–H groups in total. The zero-order valence-corrected chi connectivity index (χ0v) is 18.9. The number of rotatable bonds is 9. The number of aliphatic imine (C=N–C) groups is 1. The lowest BCUT2D eigenvalue weighted by Gasteiger charge is -2.30. The zero-order chi connectivity index (χ0) is 20.4. The van der Waals surface area contributed by atoms with Crippen molar-refractivity contribution in [2.75, 3.05) is 25.9 Å². The molecule has 1 fully saturated rings. The maximum atomic E-state index is 12.2.